The summed E-state index contributed by atoms with van der Waals surface area (Å²) in [6, 6.07) is 15.2. The van der Waals surface area contributed by atoms with Crippen molar-refractivity contribution in [1.29, 1.82) is 0 Å². The number of benzene rings is 1. The first-order valence-corrected chi connectivity index (χ1v) is 8.27. The molecule has 0 aliphatic heterocycles. The molecule has 0 spiro atoms. The van der Waals surface area contributed by atoms with Crippen molar-refractivity contribution in [3.8, 4) is 0 Å². The summed E-state index contributed by atoms with van der Waals surface area (Å²) in [5, 5.41) is 7.07. The summed E-state index contributed by atoms with van der Waals surface area (Å²) < 4.78 is 5.20. The van der Waals surface area contributed by atoms with Crippen LogP contribution in [-0.4, -0.2) is 16.0 Å². The zero-order chi connectivity index (χ0) is 17.8. The van der Waals surface area contributed by atoms with Crippen LogP contribution in [-0.2, 0) is 4.79 Å². The van der Waals surface area contributed by atoms with Crippen molar-refractivity contribution in [3.05, 3.63) is 83.0 Å². The topological polar surface area (TPSA) is 68.0 Å². The average Bonchev–Trinajstić information content (AvgIpc) is 2.98. The van der Waals surface area contributed by atoms with Crippen LogP contribution < -0.4 is 5.32 Å². The van der Waals surface area contributed by atoms with Crippen molar-refractivity contribution in [3.63, 3.8) is 0 Å². The van der Waals surface area contributed by atoms with E-state index in [1.54, 1.807) is 6.20 Å². The quantitative estimate of drug-likeness (QED) is 0.772. The largest absolute Gasteiger partial charge is 0.361 e. The van der Waals surface area contributed by atoms with Crippen molar-refractivity contribution in [2.75, 3.05) is 0 Å². The van der Waals surface area contributed by atoms with Gasteiger partial charge in [0.2, 0.25) is 5.91 Å². The van der Waals surface area contributed by atoms with E-state index in [0.717, 1.165) is 22.5 Å². The second-order valence-corrected chi connectivity index (χ2v) is 6.07. The van der Waals surface area contributed by atoms with Gasteiger partial charge in [0.25, 0.3) is 0 Å². The fraction of sp³-hybridized carbons (Fsp3) is 0.250. The van der Waals surface area contributed by atoms with Gasteiger partial charge in [-0.1, -0.05) is 41.6 Å². The Kier molecular flexibility index (Phi) is 4.93. The lowest BCUT2D eigenvalue weighted by molar-refractivity contribution is -0.122. The third-order valence-corrected chi connectivity index (χ3v) is 4.32. The second kappa shape index (κ2) is 7.30. The van der Waals surface area contributed by atoms with Gasteiger partial charge in [-0.05, 0) is 38.5 Å². The molecule has 2 atom stereocenters. The van der Waals surface area contributed by atoms with Gasteiger partial charge in [0.1, 0.15) is 5.76 Å². The summed E-state index contributed by atoms with van der Waals surface area (Å²) in [5.41, 5.74) is 3.37. The number of aromatic nitrogens is 2. The van der Waals surface area contributed by atoms with Crippen LogP contribution in [0.4, 0.5) is 0 Å². The van der Waals surface area contributed by atoms with Gasteiger partial charge in [0.05, 0.1) is 23.3 Å². The van der Waals surface area contributed by atoms with Gasteiger partial charge in [0, 0.05) is 11.8 Å². The molecule has 128 valence electrons. The predicted octanol–water partition coefficient (Wildman–Crippen LogP) is 3.70. The van der Waals surface area contributed by atoms with E-state index in [1.165, 1.54) is 0 Å². The minimum absolute atomic E-state index is 0.0890. The van der Waals surface area contributed by atoms with E-state index in [0.29, 0.717) is 5.76 Å². The summed E-state index contributed by atoms with van der Waals surface area (Å²) in [7, 11) is 0. The van der Waals surface area contributed by atoms with Gasteiger partial charge < -0.3 is 9.84 Å². The van der Waals surface area contributed by atoms with Crippen LogP contribution in [0.5, 0.6) is 0 Å². The van der Waals surface area contributed by atoms with Crippen molar-refractivity contribution < 1.29 is 9.32 Å². The Morgan fingerprint density at radius 1 is 1.08 bits per heavy atom. The maximum absolute atomic E-state index is 12.9. The van der Waals surface area contributed by atoms with Crippen LogP contribution in [0.15, 0.2) is 59.3 Å². The minimum atomic E-state index is -0.360. The molecule has 25 heavy (non-hydrogen) atoms. The third-order valence-electron chi connectivity index (χ3n) is 4.32. The summed E-state index contributed by atoms with van der Waals surface area (Å²) in [6.45, 7) is 5.54. The fourth-order valence-corrected chi connectivity index (χ4v) is 3.03. The molecule has 0 aliphatic rings. The SMILES string of the molecule is Cc1noc(C)c1[C@H](C)C(=O)N[C@@H](c1ccccc1)c1ccccn1. The van der Waals surface area contributed by atoms with Crippen molar-refractivity contribution >= 4 is 5.91 Å². The van der Waals surface area contributed by atoms with Crippen LogP contribution in [0, 0.1) is 13.8 Å². The molecule has 0 unspecified atom stereocenters. The molecule has 0 saturated heterocycles. The molecule has 3 rings (SSSR count). The van der Waals surface area contributed by atoms with Crippen LogP contribution >= 0.6 is 0 Å². The smallest absolute Gasteiger partial charge is 0.228 e. The molecule has 0 fully saturated rings. The standard InChI is InChI=1S/C20H21N3O2/c1-13(18-14(2)23-25-15(18)3)20(24)22-19(16-9-5-4-6-10-16)17-11-7-8-12-21-17/h4-13,19H,1-3H3,(H,22,24)/t13-,19-/m0/s1. The molecule has 0 saturated carbocycles. The molecule has 2 heterocycles. The number of nitrogens with zero attached hydrogens (tertiary/aromatic N) is 2. The van der Waals surface area contributed by atoms with E-state index in [2.05, 4.69) is 15.5 Å². The molecule has 2 aromatic heterocycles. The van der Waals surface area contributed by atoms with E-state index in [-0.39, 0.29) is 17.9 Å². The number of aryl methyl sites for hydroxylation is 2. The van der Waals surface area contributed by atoms with E-state index in [1.807, 2.05) is 69.3 Å². The lowest BCUT2D eigenvalue weighted by atomic mass is 9.96. The first-order chi connectivity index (χ1) is 12.1. The van der Waals surface area contributed by atoms with Gasteiger partial charge in [-0.25, -0.2) is 0 Å². The molecule has 3 aromatic rings. The van der Waals surface area contributed by atoms with E-state index < -0.39 is 0 Å². The van der Waals surface area contributed by atoms with E-state index in [9.17, 15) is 4.79 Å². The minimum Gasteiger partial charge on any atom is -0.361 e. The maximum Gasteiger partial charge on any atom is 0.228 e. The number of carbonyl (C=O) groups excluding carboxylic acids is 1. The second-order valence-electron chi connectivity index (χ2n) is 6.07. The lowest BCUT2D eigenvalue weighted by Crippen LogP contribution is -2.33. The average molecular weight is 335 g/mol. The maximum atomic E-state index is 12.9. The van der Waals surface area contributed by atoms with Crippen LogP contribution in [0.2, 0.25) is 0 Å². The van der Waals surface area contributed by atoms with E-state index >= 15 is 0 Å². The normalized spacial score (nSPS) is 13.2. The van der Waals surface area contributed by atoms with Crippen LogP contribution in [0.1, 0.15) is 47.2 Å². The zero-order valence-electron chi connectivity index (χ0n) is 14.6. The Bertz CT molecular complexity index is 785. The van der Waals surface area contributed by atoms with Gasteiger partial charge in [-0.15, -0.1) is 0 Å². The summed E-state index contributed by atoms with van der Waals surface area (Å²) in [4.78, 5) is 17.3. The molecule has 0 radical (unpaired) electrons. The molecule has 0 bridgehead atoms. The van der Waals surface area contributed by atoms with Crippen molar-refractivity contribution in [1.82, 2.24) is 15.5 Å². The number of amides is 1. The summed E-state index contributed by atoms with van der Waals surface area (Å²) in [6.07, 6.45) is 1.73. The molecular weight excluding hydrogens is 314 g/mol. The summed E-state index contributed by atoms with van der Waals surface area (Å²) >= 11 is 0. The molecule has 1 amide bonds. The number of hydrogen-bond acceptors (Lipinski definition) is 4. The highest BCUT2D eigenvalue weighted by molar-refractivity contribution is 5.84. The Hall–Kier alpha value is -2.95. The molecular formula is C20H21N3O2. The van der Waals surface area contributed by atoms with Crippen LogP contribution in [0.25, 0.3) is 0 Å². The molecule has 5 nitrogen and oxygen atoms in total. The highest BCUT2D eigenvalue weighted by Crippen LogP contribution is 2.26. The lowest BCUT2D eigenvalue weighted by Gasteiger charge is -2.21. The number of rotatable bonds is 5. The number of nitrogens with one attached hydrogen (secondary N) is 1. The third kappa shape index (κ3) is 3.60. The van der Waals surface area contributed by atoms with E-state index in [4.69, 9.17) is 4.52 Å². The Morgan fingerprint density at radius 2 is 1.80 bits per heavy atom. The van der Waals surface area contributed by atoms with Crippen molar-refractivity contribution in [2.24, 2.45) is 0 Å². The highest BCUT2D eigenvalue weighted by Gasteiger charge is 2.26. The van der Waals surface area contributed by atoms with Gasteiger partial charge in [-0.2, -0.15) is 0 Å². The molecule has 1 N–H and O–H groups in total. The van der Waals surface area contributed by atoms with Gasteiger partial charge >= 0.3 is 0 Å². The monoisotopic (exact) mass is 335 g/mol. The van der Waals surface area contributed by atoms with Crippen molar-refractivity contribution in [2.45, 2.75) is 32.7 Å². The molecule has 0 aliphatic carbocycles. The number of carbonyl (C=O) groups is 1. The summed E-state index contributed by atoms with van der Waals surface area (Å²) in [5.74, 6) is 0.226. The first kappa shape index (κ1) is 16.9. The zero-order valence-corrected chi connectivity index (χ0v) is 14.6. The number of hydrogen-bond donors (Lipinski definition) is 1. The predicted molar refractivity (Wildman–Crippen MR) is 95.1 cm³/mol. The van der Waals surface area contributed by atoms with Gasteiger partial charge in [0.15, 0.2) is 0 Å². The highest BCUT2D eigenvalue weighted by atomic mass is 16.5. The number of pyridine rings is 1. The Labute approximate surface area is 147 Å². The Morgan fingerprint density at radius 3 is 2.40 bits per heavy atom. The van der Waals surface area contributed by atoms with Gasteiger partial charge in [-0.3, -0.25) is 9.78 Å². The first-order valence-electron chi connectivity index (χ1n) is 8.27. The Balaban J connectivity index is 1.89. The fourth-order valence-electron chi connectivity index (χ4n) is 3.03. The molecule has 5 heteroatoms. The van der Waals surface area contributed by atoms with Crippen LogP contribution in [0.3, 0.4) is 0 Å². The molecule has 1 aromatic carbocycles.